The van der Waals surface area contributed by atoms with Gasteiger partial charge in [0.05, 0.1) is 6.04 Å². The van der Waals surface area contributed by atoms with Gasteiger partial charge in [-0.15, -0.1) is 0 Å². The molecule has 1 saturated carbocycles. The molecule has 1 fully saturated rings. The van der Waals surface area contributed by atoms with E-state index in [1.807, 2.05) is 24.3 Å². The number of rotatable bonds is 2. The molecule has 1 aliphatic carbocycles. The molecule has 5 heteroatoms. The molecule has 2 heterocycles. The molecule has 5 nitrogen and oxygen atoms in total. The normalized spacial score (nSPS) is 22.1. The van der Waals surface area contributed by atoms with Crippen molar-refractivity contribution >= 4 is 5.91 Å². The standard InChI is InChI=1S/C23H25NO4/c25-22(16-8-9-20-21(14-16)27-13-12-26-20)24-18-15-23(10-4-1-5-11-23)28-19-7-3-2-6-17(18)19/h2-3,6-9,14,18H,1,4-5,10-13,15H2,(H,24,25). The van der Waals surface area contributed by atoms with Gasteiger partial charge in [-0.3, -0.25) is 4.79 Å². The molecule has 2 aromatic rings. The third-order valence-corrected chi connectivity index (χ3v) is 6.07. The molecule has 0 aromatic heterocycles. The van der Waals surface area contributed by atoms with Crippen LogP contribution in [-0.2, 0) is 0 Å². The maximum atomic E-state index is 13.0. The lowest BCUT2D eigenvalue weighted by atomic mass is 9.77. The predicted octanol–water partition coefficient (Wildman–Crippen LogP) is 4.41. The molecule has 1 atom stereocenters. The molecule has 2 aromatic carbocycles. The number of carbonyl (C=O) groups excluding carboxylic acids is 1. The smallest absolute Gasteiger partial charge is 0.251 e. The average Bonchev–Trinajstić information content (AvgIpc) is 2.74. The summed E-state index contributed by atoms with van der Waals surface area (Å²) in [5.41, 5.74) is 1.49. The molecule has 3 aliphatic rings. The Morgan fingerprint density at radius 3 is 2.57 bits per heavy atom. The van der Waals surface area contributed by atoms with E-state index in [1.165, 1.54) is 19.3 Å². The SMILES string of the molecule is O=C(NC1CC2(CCCCC2)Oc2ccccc21)c1ccc2c(c1)OCCO2. The Kier molecular flexibility index (Phi) is 4.38. The van der Waals surface area contributed by atoms with Gasteiger partial charge in [0.25, 0.3) is 5.91 Å². The van der Waals surface area contributed by atoms with Crippen molar-refractivity contribution in [2.75, 3.05) is 13.2 Å². The zero-order valence-corrected chi connectivity index (χ0v) is 15.9. The van der Waals surface area contributed by atoms with Crippen LogP contribution < -0.4 is 19.5 Å². The fraction of sp³-hybridized carbons (Fsp3) is 0.435. The van der Waals surface area contributed by atoms with Crippen LogP contribution in [0.2, 0.25) is 0 Å². The average molecular weight is 379 g/mol. The van der Waals surface area contributed by atoms with Crippen LogP contribution in [0.3, 0.4) is 0 Å². The van der Waals surface area contributed by atoms with E-state index < -0.39 is 0 Å². The van der Waals surface area contributed by atoms with Crippen LogP contribution in [0.15, 0.2) is 42.5 Å². The van der Waals surface area contributed by atoms with E-state index in [4.69, 9.17) is 14.2 Å². The van der Waals surface area contributed by atoms with E-state index >= 15 is 0 Å². The second-order valence-corrected chi connectivity index (χ2v) is 7.97. The van der Waals surface area contributed by atoms with Crippen LogP contribution in [0, 0.1) is 0 Å². The minimum atomic E-state index is -0.155. The van der Waals surface area contributed by atoms with Gasteiger partial charge in [-0.05, 0) is 49.9 Å². The fourth-order valence-electron chi connectivity index (χ4n) is 4.68. The number of hydrogen-bond acceptors (Lipinski definition) is 4. The first-order valence-corrected chi connectivity index (χ1v) is 10.2. The Bertz CT molecular complexity index is 888. The number of carbonyl (C=O) groups is 1. The summed E-state index contributed by atoms with van der Waals surface area (Å²) in [5, 5.41) is 3.25. The van der Waals surface area contributed by atoms with Crippen molar-refractivity contribution in [3.8, 4) is 17.2 Å². The summed E-state index contributed by atoms with van der Waals surface area (Å²) >= 11 is 0. The van der Waals surface area contributed by atoms with E-state index in [-0.39, 0.29) is 17.6 Å². The second kappa shape index (κ2) is 7.04. The van der Waals surface area contributed by atoms with E-state index in [2.05, 4.69) is 11.4 Å². The van der Waals surface area contributed by atoms with Gasteiger partial charge < -0.3 is 19.5 Å². The predicted molar refractivity (Wildman–Crippen MR) is 105 cm³/mol. The summed E-state index contributed by atoms with van der Waals surface area (Å²) in [6.45, 7) is 1.05. The van der Waals surface area contributed by atoms with Crippen molar-refractivity contribution in [1.29, 1.82) is 0 Å². The maximum Gasteiger partial charge on any atom is 0.251 e. The van der Waals surface area contributed by atoms with Crippen molar-refractivity contribution in [3.05, 3.63) is 53.6 Å². The highest BCUT2D eigenvalue weighted by Crippen LogP contribution is 2.46. The molecular formula is C23H25NO4. The third kappa shape index (κ3) is 3.19. The van der Waals surface area contributed by atoms with E-state index in [0.29, 0.717) is 30.3 Å². The minimum Gasteiger partial charge on any atom is -0.487 e. The molecule has 1 N–H and O–H groups in total. The molecule has 2 aliphatic heterocycles. The Balaban J connectivity index is 1.41. The van der Waals surface area contributed by atoms with Gasteiger partial charge in [-0.2, -0.15) is 0 Å². The van der Waals surface area contributed by atoms with Crippen molar-refractivity contribution in [2.45, 2.75) is 50.2 Å². The van der Waals surface area contributed by atoms with Gasteiger partial charge in [0.1, 0.15) is 24.6 Å². The number of para-hydroxylation sites is 1. The first-order chi connectivity index (χ1) is 13.7. The van der Waals surface area contributed by atoms with Crippen molar-refractivity contribution in [2.24, 2.45) is 0 Å². The first kappa shape index (κ1) is 17.4. The molecule has 1 spiro atoms. The lowest BCUT2D eigenvalue weighted by Crippen LogP contribution is -2.46. The molecule has 0 radical (unpaired) electrons. The molecular weight excluding hydrogens is 354 g/mol. The van der Waals surface area contributed by atoms with E-state index in [0.717, 1.165) is 30.6 Å². The van der Waals surface area contributed by atoms with Crippen LogP contribution in [0.1, 0.15) is 60.5 Å². The summed E-state index contributed by atoms with van der Waals surface area (Å²) in [6.07, 6.45) is 6.56. The Morgan fingerprint density at radius 1 is 0.929 bits per heavy atom. The van der Waals surface area contributed by atoms with E-state index in [1.54, 1.807) is 12.1 Å². The Morgan fingerprint density at radius 2 is 1.71 bits per heavy atom. The van der Waals surface area contributed by atoms with Crippen LogP contribution in [0.25, 0.3) is 0 Å². The molecule has 1 amide bonds. The van der Waals surface area contributed by atoms with Gasteiger partial charge in [-0.25, -0.2) is 0 Å². The van der Waals surface area contributed by atoms with Gasteiger partial charge >= 0.3 is 0 Å². The zero-order valence-electron chi connectivity index (χ0n) is 15.9. The van der Waals surface area contributed by atoms with Crippen LogP contribution >= 0.6 is 0 Å². The van der Waals surface area contributed by atoms with Crippen LogP contribution in [0.5, 0.6) is 17.2 Å². The summed E-state index contributed by atoms with van der Waals surface area (Å²) in [4.78, 5) is 13.0. The summed E-state index contributed by atoms with van der Waals surface area (Å²) < 4.78 is 17.6. The number of benzene rings is 2. The molecule has 0 saturated heterocycles. The Hall–Kier alpha value is -2.69. The van der Waals surface area contributed by atoms with Gasteiger partial charge in [-0.1, -0.05) is 24.6 Å². The van der Waals surface area contributed by atoms with Gasteiger partial charge in [0.15, 0.2) is 11.5 Å². The fourth-order valence-corrected chi connectivity index (χ4v) is 4.68. The summed E-state index contributed by atoms with van der Waals surface area (Å²) in [6, 6.07) is 13.4. The van der Waals surface area contributed by atoms with Gasteiger partial charge in [0.2, 0.25) is 0 Å². The first-order valence-electron chi connectivity index (χ1n) is 10.2. The highest BCUT2D eigenvalue weighted by Gasteiger charge is 2.42. The number of nitrogens with one attached hydrogen (secondary N) is 1. The largest absolute Gasteiger partial charge is 0.487 e. The van der Waals surface area contributed by atoms with E-state index in [9.17, 15) is 4.79 Å². The zero-order chi connectivity index (χ0) is 19.0. The summed E-state index contributed by atoms with van der Waals surface area (Å²) in [5.74, 6) is 2.14. The monoisotopic (exact) mass is 379 g/mol. The highest BCUT2D eigenvalue weighted by molar-refractivity contribution is 5.95. The van der Waals surface area contributed by atoms with Crippen LogP contribution in [0.4, 0.5) is 0 Å². The summed E-state index contributed by atoms with van der Waals surface area (Å²) in [7, 11) is 0. The third-order valence-electron chi connectivity index (χ3n) is 6.07. The molecule has 28 heavy (non-hydrogen) atoms. The Labute approximate surface area is 165 Å². The molecule has 146 valence electrons. The topological polar surface area (TPSA) is 56.8 Å². The number of ether oxygens (including phenoxy) is 3. The van der Waals surface area contributed by atoms with Gasteiger partial charge in [0, 0.05) is 17.5 Å². The molecule has 5 rings (SSSR count). The van der Waals surface area contributed by atoms with Crippen molar-refractivity contribution in [3.63, 3.8) is 0 Å². The minimum absolute atomic E-state index is 0.0521. The lowest BCUT2D eigenvalue weighted by molar-refractivity contribution is -0.00210. The lowest BCUT2D eigenvalue weighted by Gasteiger charge is -2.44. The number of hydrogen-bond donors (Lipinski definition) is 1. The van der Waals surface area contributed by atoms with Crippen molar-refractivity contribution < 1.29 is 19.0 Å². The molecule has 1 unspecified atom stereocenters. The second-order valence-electron chi connectivity index (χ2n) is 7.97. The quantitative estimate of drug-likeness (QED) is 0.839. The maximum absolute atomic E-state index is 13.0. The number of fused-ring (bicyclic) bond motifs is 2. The highest BCUT2D eigenvalue weighted by atomic mass is 16.6. The van der Waals surface area contributed by atoms with Crippen LogP contribution in [-0.4, -0.2) is 24.7 Å². The number of amides is 1. The van der Waals surface area contributed by atoms with Crippen molar-refractivity contribution in [1.82, 2.24) is 5.32 Å². The molecule has 0 bridgehead atoms.